The summed E-state index contributed by atoms with van der Waals surface area (Å²) < 4.78 is 16.7. The van der Waals surface area contributed by atoms with Gasteiger partial charge in [-0.1, -0.05) is 18.0 Å². The molecule has 1 aromatic rings. The molecule has 100 valence electrons. The third-order valence-corrected chi connectivity index (χ3v) is 4.18. The van der Waals surface area contributed by atoms with Crippen molar-refractivity contribution in [3.63, 3.8) is 0 Å². The van der Waals surface area contributed by atoms with Gasteiger partial charge in [0.2, 0.25) is 5.91 Å². The maximum Gasteiger partial charge on any atom is 0.232 e. The molecule has 0 radical (unpaired) electrons. The van der Waals surface area contributed by atoms with E-state index < -0.39 is 10.8 Å². The fourth-order valence-electron chi connectivity index (χ4n) is 2.18. The number of hydrogen-bond acceptors (Lipinski definition) is 4. The summed E-state index contributed by atoms with van der Waals surface area (Å²) >= 11 is 0. The summed E-state index contributed by atoms with van der Waals surface area (Å²) in [5, 5.41) is 6.64. The molecule has 0 saturated heterocycles. The second-order valence-electron chi connectivity index (χ2n) is 4.71. The standard InChI is InChI=1S/C12H18N2O3S/c1-9-6-11(17-14-9)7-18(16)8-12(15)13-10-4-2-3-5-10/h6,10H,2-5,7-8H2,1H3,(H,13,15). The van der Waals surface area contributed by atoms with E-state index in [9.17, 15) is 9.00 Å². The molecular formula is C12H18N2O3S. The van der Waals surface area contributed by atoms with Crippen molar-refractivity contribution in [2.75, 3.05) is 5.75 Å². The summed E-state index contributed by atoms with van der Waals surface area (Å²) in [7, 11) is -1.23. The molecule has 0 aromatic carbocycles. The van der Waals surface area contributed by atoms with Gasteiger partial charge in [-0.05, 0) is 19.8 Å². The SMILES string of the molecule is Cc1cc(CS(=O)CC(=O)NC2CCCC2)on1. The minimum atomic E-state index is -1.23. The number of nitrogens with zero attached hydrogens (tertiary/aromatic N) is 1. The number of aryl methyl sites for hydroxylation is 1. The van der Waals surface area contributed by atoms with Gasteiger partial charge in [0.1, 0.15) is 11.5 Å². The van der Waals surface area contributed by atoms with E-state index in [2.05, 4.69) is 10.5 Å². The van der Waals surface area contributed by atoms with E-state index in [1.54, 1.807) is 6.07 Å². The molecule has 0 spiro atoms. The largest absolute Gasteiger partial charge is 0.360 e. The fraction of sp³-hybridized carbons (Fsp3) is 0.667. The van der Waals surface area contributed by atoms with Gasteiger partial charge >= 0.3 is 0 Å². The van der Waals surface area contributed by atoms with Crippen LogP contribution in [0.25, 0.3) is 0 Å². The van der Waals surface area contributed by atoms with Gasteiger partial charge < -0.3 is 9.84 Å². The van der Waals surface area contributed by atoms with Crippen LogP contribution in [-0.4, -0.2) is 27.1 Å². The van der Waals surface area contributed by atoms with Crippen molar-refractivity contribution in [1.82, 2.24) is 10.5 Å². The van der Waals surface area contributed by atoms with Gasteiger partial charge in [-0.3, -0.25) is 9.00 Å². The first-order valence-electron chi connectivity index (χ1n) is 6.20. The zero-order valence-electron chi connectivity index (χ0n) is 10.5. The Balaban J connectivity index is 1.74. The van der Waals surface area contributed by atoms with Crippen LogP contribution in [0.2, 0.25) is 0 Å². The Morgan fingerprint density at radius 3 is 2.89 bits per heavy atom. The number of nitrogens with one attached hydrogen (secondary N) is 1. The van der Waals surface area contributed by atoms with Crippen LogP contribution in [0, 0.1) is 6.92 Å². The predicted octanol–water partition coefficient (Wildman–Crippen LogP) is 1.29. The predicted molar refractivity (Wildman–Crippen MR) is 68.4 cm³/mol. The number of carbonyl (C=O) groups is 1. The molecule has 1 atom stereocenters. The van der Waals surface area contributed by atoms with Crippen LogP contribution in [0.1, 0.15) is 37.1 Å². The first kappa shape index (κ1) is 13.3. The Labute approximate surface area is 109 Å². The van der Waals surface area contributed by atoms with E-state index in [1.165, 1.54) is 12.8 Å². The number of carbonyl (C=O) groups excluding carboxylic acids is 1. The maximum atomic E-state index is 11.8. The number of hydrogen-bond donors (Lipinski definition) is 1. The molecule has 1 aliphatic rings. The van der Waals surface area contributed by atoms with Gasteiger partial charge in [0.25, 0.3) is 0 Å². The highest BCUT2D eigenvalue weighted by Gasteiger charge is 2.18. The molecule has 1 heterocycles. The van der Waals surface area contributed by atoms with Crippen molar-refractivity contribution in [3.05, 3.63) is 17.5 Å². The summed E-state index contributed by atoms with van der Waals surface area (Å²) in [4.78, 5) is 11.7. The van der Waals surface area contributed by atoms with Crippen LogP contribution < -0.4 is 5.32 Å². The Morgan fingerprint density at radius 1 is 1.56 bits per heavy atom. The van der Waals surface area contributed by atoms with Crippen LogP contribution in [-0.2, 0) is 21.3 Å². The van der Waals surface area contributed by atoms with E-state index in [4.69, 9.17) is 4.52 Å². The highest BCUT2D eigenvalue weighted by atomic mass is 32.2. The van der Waals surface area contributed by atoms with Crippen LogP contribution >= 0.6 is 0 Å². The van der Waals surface area contributed by atoms with Gasteiger partial charge in [-0.2, -0.15) is 0 Å². The quantitative estimate of drug-likeness (QED) is 0.875. The Bertz CT molecular complexity index is 438. The van der Waals surface area contributed by atoms with Gasteiger partial charge in [0.05, 0.1) is 11.4 Å². The second-order valence-corrected chi connectivity index (χ2v) is 6.17. The van der Waals surface area contributed by atoms with E-state index >= 15 is 0 Å². The molecule has 1 fully saturated rings. The lowest BCUT2D eigenvalue weighted by Gasteiger charge is -2.11. The summed E-state index contributed by atoms with van der Waals surface area (Å²) in [6.07, 6.45) is 4.43. The summed E-state index contributed by atoms with van der Waals surface area (Å²) in [6, 6.07) is 2.02. The molecule has 1 saturated carbocycles. The number of rotatable bonds is 5. The normalized spacial score (nSPS) is 17.8. The average molecular weight is 270 g/mol. The van der Waals surface area contributed by atoms with Gasteiger partial charge in [-0.25, -0.2) is 0 Å². The van der Waals surface area contributed by atoms with E-state index in [-0.39, 0.29) is 23.5 Å². The van der Waals surface area contributed by atoms with Crippen LogP contribution in [0.5, 0.6) is 0 Å². The topological polar surface area (TPSA) is 72.2 Å². The highest BCUT2D eigenvalue weighted by molar-refractivity contribution is 7.84. The lowest BCUT2D eigenvalue weighted by molar-refractivity contribution is -0.119. The Kier molecular flexibility index (Phi) is 4.52. The average Bonchev–Trinajstić information content (AvgIpc) is 2.90. The monoisotopic (exact) mass is 270 g/mol. The molecule has 5 nitrogen and oxygen atoms in total. The van der Waals surface area contributed by atoms with E-state index in [0.717, 1.165) is 18.5 Å². The number of aromatic nitrogens is 1. The smallest absolute Gasteiger partial charge is 0.232 e. The van der Waals surface area contributed by atoms with Gasteiger partial charge in [0, 0.05) is 22.9 Å². The summed E-state index contributed by atoms with van der Waals surface area (Å²) in [6.45, 7) is 1.81. The molecule has 1 aliphatic carbocycles. The fourth-order valence-corrected chi connectivity index (χ4v) is 3.11. The molecule has 1 amide bonds. The van der Waals surface area contributed by atoms with Crippen molar-refractivity contribution < 1.29 is 13.5 Å². The Morgan fingerprint density at radius 2 is 2.28 bits per heavy atom. The van der Waals surface area contributed by atoms with Crippen LogP contribution in [0.15, 0.2) is 10.6 Å². The van der Waals surface area contributed by atoms with Gasteiger partial charge in [0.15, 0.2) is 0 Å². The molecule has 1 N–H and O–H groups in total. The highest BCUT2D eigenvalue weighted by Crippen LogP contribution is 2.17. The third-order valence-electron chi connectivity index (χ3n) is 2.99. The van der Waals surface area contributed by atoms with Crippen molar-refractivity contribution in [2.24, 2.45) is 0 Å². The van der Waals surface area contributed by atoms with E-state index in [0.29, 0.717) is 5.76 Å². The molecule has 0 aliphatic heterocycles. The van der Waals surface area contributed by atoms with Crippen molar-refractivity contribution >= 4 is 16.7 Å². The first-order chi connectivity index (χ1) is 8.63. The lowest BCUT2D eigenvalue weighted by Crippen LogP contribution is -2.35. The summed E-state index contributed by atoms with van der Waals surface area (Å²) in [5.41, 5.74) is 0.761. The molecular weight excluding hydrogens is 252 g/mol. The van der Waals surface area contributed by atoms with Crippen LogP contribution in [0.3, 0.4) is 0 Å². The minimum absolute atomic E-state index is 0.0379. The molecule has 1 aromatic heterocycles. The van der Waals surface area contributed by atoms with Crippen molar-refractivity contribution in [2.45, 2.75) is 44.4 Å². The first-order valence-corrected chi connectivity index (χ1v) is 7.69. The van der Waals surface area contributed by atoms with Crippen LogP contribution in [0.4, 0.5) is 0 Å². The molecule has 18 heavy (non-hydrogen) atoms. The second kappa shape index (κ2) is 6.13. The zero-order chi connectivity index (χ0) is 13.0. The van der Waals surface area contributed by atoms with Crippen molar-refractivity contribution in [1.29, 1.82) is 0 Å². The van der Waals surface area contributed by atoms with Gasteiger partial charge in [-0.15, -0.1) is 0 Å². The van der Waals surface area contributed by atoms with E-state index in [1.807, 2.05) is 6.92 Å². The molecule has 6 heteroatoms. The number of amides is 1. The molecule has 0 bridgehead atoms. The maximum absolute atomic E-state index is 11.8. The van der Waals surface area contributed by atoms with Crippen molar-refractivity contribution in [3.8, 4) is 0 Å². The third kappa shape index (κ3) is 3.94. The Hall–Kier alpha value is -1.17. The summed E-state index contributed by atoms with van der Waals surface area (Å²) in [5.74, 6) is 0.728. The minimum Gasteiger partial charge on any atom is -0.360 e. The molecule has 1 unspecified atom stereocenters. The zero-order valence-corrected chi connectivity index (χ0v) is 11.3. The lowest BCUT2D eigenvalue weighted by atomic mass is 10.2. The molecule has 2 rings (SSSR count).